The van der Waals surface area contributed by atoms with E-state index >= 15 is 0 Å². The molecule has 0 aliphatic heterocycles. The van der Waals surface area contributed by atoms with Crippen molar-refractivity contribution < 1.29 is 9.90 Å². The molecule has 2 amide bonds. The molecule has 1 aliphatic rings. The zero-order chi connectivity index (χ0) is 14.7. The van der Waals surface area contributed by atoms with Gasteiger partial charge in [0.1, 0.15) is 0 Å². The summed E-state index contributed by atoms with van der Waals surface area (Å²) in [7, 11) is 1.72. The van der Waals surface area contributed by atoms with E-state index in [0.29, 0.717) is 12.5 Å². The monoisotopic (exact) mass is 340 g/mol. The van der Waals surface area contributed by atoms with E-state index < -0.39 is 6.10 Å². The number of benzene rings is 1. The van der Waals surface area contributed by atoms with Crippen molar-refractivity contribution in [1.29, 1.82) is 0 Å². The van der Waals surface area contributed by atoms with Crippen LogP contribution in [0.25, 0.3) is 0 Å². The zero-order valence-corrected chi connectivity index (χ0v) is 13.4. The summed E-state index contributed by atoms with van der Waals surface area (Å²) in [6, 6.07) is 7.65. The SMILES string of the molecule is CC(NC(=O)N(C)CC(O)C1CC1)c1cccc(Br)c1. The molecular formula is C15H21BrN2O2. The number of carbonyl (C=O) groups excluding carboxylic acids is 1. The normalized spacial score (nSPS) is 17.4. The number of carbonyl (C=O) groups is 1. The number of halogens is 1. The highest BCUT2D eigenvalue weighted by molar-refractivity contribution is 9.10. The van der Waals surface area contributed by atoms with Crippen molar-refractivity contribution in [2.45, 2.75) is 31.9 Å². The van der Waals surface area contributed by atoms with Crippen LogP contribution in [0.1, 0.15) is 31.4 Å². The predicted octanol–water partition coefficient (Wildman–Crippen LogP) is 2.92. The summed E-state index contributed by atoms with van der Waals surface area (Å²) in [5.74, 6) is 0.382. The van der Waals surface area contributed by atoms with Crippen molar-refractivity contribution in [2.24, 2.45) is 5.92 Å². The molecule has 0 spiro atoms. The van der Waals surface area contributed by atoms with Gasteiger partial charge in [-0.15, -0.1) is 0 Å². The minimum absolute atomic E-state index is 0.0690. The number of urea groups is 1. The number of hydrogen-bond donors (Lipinski definition) is 2. The van der Waals surface area contributed by atoms with Gasteiger partial charge < -0.3 is 15.3 Å². The van der Waals surface area contributed by atoms with E-state index in [2.05, 4.69) is 21.2 Å². The van der Waals surface area contributed by atoms with Gasteiger partial charge >= 0.3 is 6.03 Å². The van der Waals surface area contributed by atoms with Crippen LogP contribution in [0.4, 0.5) is 4.79 Å². The van der Waals surface area contributed by atoms with Crippen LogP contribution in [0.3, 0.4) is 0 Å². The van der Waals surface area contributed by atoms with E-state index in [1.54, 1.807) is 11.9 Å². The third-order valence-electron chi connectivity index (χ3n) is 3.66. The Hall–Kier alpha value is -1.07. The molecule has 1 aromatic carbocycles. The molecule has 2 atom stereocenters. The fourth-order valence-electron chi connectivity index (χ4n) is 2.15. The molecule has 0 heterocycles. The lowest BCUT2D eigenvalue weighted by Crippen LogP contribution is -2.42. The maximum Gasteiger partial charge on any atom is 0.317 e. The minimum Gasteiger partial charge on any atom is -0.391 e. The van der Waals surface area contributed by atoms with Crippen LogP contribution >= 0.6 is 15.9 Å². The highest BCUT2D eigenvalue weighted by atomic mass is 79.9. The van der Waals surface area contributed by atoms with Crippen LogP contribution in [-0.2, 0) is 0 Å². The number of nitrogens with zero attached hydrogens (tertiary/aromatic N) is 1. The Bertz CT molecular complexity index is 477. The van der Waals surface area contributed by atoms with E-state index in [1.807, 2.05) is 31.2 Å². The summed E-state index contributed by atoms with van der Waals surface area (Å²) in [5, 5.41) is 12.8. The Morgan fingerprint density at radius 1 is 1.55 bits per heavy atom. The van der Waals surface area contributed by atoms with Crippen LogP contribution in [0.2, 0.25) is 0 Å². The number of rotatable bonds is 5. The molecule has 0 radical (unpaired) electrons. The highest BCUT2D eigenvalue weighted by Gasteiger charge is 2.31. The quantitative estimate of drug-likeness (QED) is 0.865. The van der Waals surface area contributed by atoms with Gasteiger partial charge in [0.25, 0.3) is 0 Å². The number of aliphatic hydroxyl groups is 1. The summed E-state index contributed by atoms with van der Waals surface area (Å²) in [6.45, 7) is 2.34. The lowest BCUT2D eigenvalue weighted by Gasteiger charge is -2.23. The number of aliphatic hydroxyl groups excluding tert-OH is 1. The van der Waals surface area contributed by atoms with Gasteiger partial charge in [-0.3, -0.25) is 0 Å². The summed E-state index contributed by atoms with van der Waals surface area (Å²) in [4.78, 5) is 13.6. The van der Waals surface area contributed by atoms with E-state index in [4.69, 9.17) is 0 Å². The van der Waals surface area contributed by atoms with Crippen molar-refractivity contribution in [3.63, 3.8) is 0 Å². The van der Waals surface area contributed by atoms with E-state index in [1.165, 1.54) is 0 Å². The molecule has 0 saturated heterocycles. The van der Waals surface area contributed by atoms with Gasteiger partial charge in [-0.05, 0) is 43.4 Å². The molecule has 20 heavy (non-hydrogen) atoms. The van der Waals surface area contributed by atoms with Crippen LogP contribution in [0.5, 0.6) is 0 Å². The first-order valence-electron chi connectivity index (χ1n) is 6.92. The van der Waals surface area contributed by atoms with E-state index in [-0.39, 0.29) is 12.1 Å². The standard InChI is InChI=1S/C15H21BrN2O2/c1-10(12-4-3-5-13(16)8-12)17-15(20)18(2)9-14(19)11-6-7-11/h3-5,8,10-11,14,19H,6-7,9H2,1-2H3,(H,17,20). The van der Waals surface area contributed by atoms with Gasteiger partial charge in [-0.1, -0.05) is 28.1 Å². The third-order valence-corrected chi connectivity index (χ3v) is 4.16. The third kappa shape index (κ3) is 4.21. The van der Waals surface area contributed by atoms with Crippen LogP contribution < -0.4 is 5.32 Å². The Balaban J connectivity index is 1.86. The largest absolute Gasteiger partial charge is 0.391 e. The smallest absolute Gasteiger partial charge is 0.317 e. The number of nitrogens with one attached hydrogen (secondary N) is 1. The molecule has 1 saturated carbocycles. The molecular weight excluding hydrogens is 320 g/mol. The summed E-state index contributed by atoms with van der Waals surface area (Å²) < 4.78 is 0.994. The Labute approximate surface area is 128 Å². The Kier molecular flexibility index (Phi) is 5.05. The average molecular weight is 341 g/mol. The molecule has 110 valence electrons. The van der Waals surface area contributed by atoms with E-state index in [0.717, 1.165) is 22.9 Å². The fourth-order valence-corrected chi connectivity index (χ4v) is 2.57. The second-order valence-electron chi connectivity index (χ2n) is 5.51. The van der Waals surface area contributed by atoms with Gasteiger partial charge in [-0.25, -0.2) is 4.79 Å². The maximum absolute atomic E-state index is 12.1. The van der Waals surface area contributed by atoms with Gasteiger partial charge in [0.05, 0.1) is 12.1 Å². The molecule has 1 aliphatic carbocycles. The molecule has 5 heteroatoms. The topological polar surface area (TPSA) is 52.6 Å². The van der Waals surface area contributed by atoms with Gasteiger partial charge in [0, 0.05) is 18.1 Å². The van der Waals surface area contributed by atoms with Crippen molar-refractivity contribution >= 4 is 22.0 Å². The van der Waals surface area contributed by atoms with Gasteiger partial charge in [-0.2, -0.15) is 0 Å². The van der Waals surface area contributed by atoms with Crippen molar-refractivity contribution in [3.05, 3.63) is 34.3 Å². The molecule has 1 fully saturated rings. The van der Waals surface area contributed by atoms with E-state index in [9.17, 15) is 9.90 Å². The van der Waals surface area contributed by atoms with Crippen molar-refractivity contribution in [3.8, 4) is 0 Å². The average Bonchev–Trinajstić information content (AvgIpc) is 3.22. The molecule has 0 aromatic heterocycles. The molecule has 0 bridgehead atoms. The predicted molar refractivity (Wildman–Crippen MR) is 82.4 cm³/mol. The zero-order valence-electron chi connectivity index (χ0n) is 11.8. The molecule has 2 rings (SSSR count). The maximum atomic E-state index is 12.1. The second kappa shape index (κ2) is 6.59. The van der Waals surface area contributed by atoms with Gasteiger partial charge in [0.2, 0.25) is 0 Å². The first kappa shape index (κ1) is 15.3. The van der Waals surface area contributed by atoms with Gasteiger partial charge in [0.15, 0.2) is 0 Å². The summed E-state index contributed by atoms with van der Waals surface area (Å²) in [5.41, 5.74) is 1.05. The number of likely N-dealkylation sites (N-methyl/N-ethyl adjacent to an activating group) is 1. The first-order chi connectivity index (χ1) is 9.47. The summed E-state index contributed by atoms with van der Waals surface area (Å²) >= 11 is 3.43. The lowest BCUT2D eigenvalue weighted by molar-refractivity contribution is 0.113. The van der Waals surface area contributed by atoms with Crippen LogP contribution in [-0.4, -0.2) is 35.7 Å². The molecule has 2 unspecified atom stereocenters. The van der Waals surface area contributed by atoms with Crippen molar-refractivity contribution in [1.82, 2.24) is 10.2 Å². The van der Waals surface area contributed by atoms with Crippen molar-refractivity contribution in [2.75, 3.05) is 13.6 Å². The second-order valence-corrected chi connectivity index (χ2v) is 6.43. The Morgan fingerprint density at radius 2 is 2.25 bits per heavy atom. The minimum atomic E-state index is -0.396. The first-order valence-corrected chi connectivity index (χ1v) is 7.72. The fraction of sp³-hybridized carbons (Fsp3) is 0.533. The van der Waals surface area contributed by atoms with Crippen LogP contribution in [0, 0.1) is 5.92 Å². The Morgan fingerprint density at radius 3 is 2.85 bits per heavy atom. The number of amides is 2. The lowest BCUT2D eigenvalue weighted by atomic mass is 10.1. The highest BCUT2D eigenvalue weighted by Crippen LogP contribution is 2.32. The summed E-state index contributed by atoms with van der Waals surface area (Å²) in [6.07, 6.45) is 1.75. The molecule has 4 nitrogen and oxygen atoms in total. The van der Waals surface area contributed by atoms with Crippen LogP contribution in [0.15, 0.2) is 28.7 Å². The number of hydrogen-bond acceptors (Lipinski definition) is 2. The molecule has 2 N–H and O–H groups in total. The molecule has 1 aromatic rings.